The van der Waals surface area contributed by atoms with E-state index in [0.717, 1.165) is 149 Å². The molecule has 4 saturated carbocycles. The summed E-state index contributed by atoms with van der Waals surface area (Å²) in [5.74, 6) is 6.33. The van der Waals surface area contributed by atoms with Crippen molar-refractivity contribution < 1.29 is 64.6 Å². The fourth-order valence-electron chi connectivity index (χ4n) is 24.8. The van der Waals surface area contributed by atoms with Crippen LogP contribution in [0.2, 0.25) is 0 Å². The molecule has 20 rings (SSSR count). The zero-order chi connectivity index (χ0) is 91.9. The number of methoxy groups -OCH3 is 3. The van der Waals surface area contributed by atoms with Gasteiger partial charge in [0.15, 0.2) is 0 Å². The van der Waals surface area contributed by atoms with Crippen LogP contribution < -0.4 is 28.7 Å². The van der Waals surface area contributed by atoms with Crippen molar-refractivity contribution in [1.82, 2.24) is 0 Å². The molecule has 127 heavy (non-hydrogen) atoms. The number of allylic oxidation sites excluding steroid dienone is 4. The van der Waals surface area contributed by atoms with E-state index < -0.39 is 19.5 Å². The molecule has 11 aliphatic carbocycles. The summed E-state index contributed by atoms with van der Waals surface area (Å²) < 4.78 is 61.6. The number of Topliss-reactive ketones (excluding diaryl/α,β-unsaturated/α-hetero) is 4. The lowest BCUT2D eigenvalue weighted by Crippen LogP contribution is -2.49. The first-order chi connectivity index (χ1) is 59.3. The largest absolute Gasteiger partial charge is 0.508 e. The lowest BCUT2D eigenvalue weighted by atomic mass is 9.52. The lowest BCUT2D eigenvalue weighted by Gasteiger charge is -2.54. The van der Waals surface area contributed by atoms with Crippen LogP contribution in [0.3, 0.4) is 0 Å². The monoisotopic (exact) mass is 1780 g/mol. The maximum Gasteiger partial charge on any atom is 0.380 e. The highest BCUT2D eigenvalue weighted by molar-refractivity contribution is 8.11. The number of fused-ring (bicyclic) bond motifs is 24. The molecule has 0 saturated heterocycles. The van der Waals surface area contributed by atoms with E-state index in [9.17, 15) is 46.2 Å². The van der Waals surface area contributed by atoms with E-state index in [-0.39, 0.29) is 71.9 Å². The zero-order valence-corrected chi connectivity index (χ0v) is 80.1. The highest BCUT2D eigenvalue weighted by atomic mass is 35.7. The number of carbonyl (C=O) groups is 4. The second-order valence-electron chi connectivity index (χ2n) is 44.0. The fourth-order valence-corrected chi connectivity index (χ4v) is 25.1. The molecule has 676 valence electrons. The van der Waals surface area contributed by atoms with Gasteiger partial charge in [0.1, 0.15) is 51.9 Å². The molecule has 4 fully saturated rings. The zero-order valence-electron chi connectivity index (χ0n) is 77.7. The van der Waals surface area contributed by atoms with E-state index in [4.69, 9.17) is 23.5 Å². The fraction of sp³-hybridized carbons (Fsp3) is 0.500. The van der Waals surface area contributed by atoms with Crippen molar-refractivity contribution in [3.63, 3.8) is 0 Å². The Bertz CT molecular complexity index is 6270. The van der Waals surface area contributed by atoms with Crippen LogP contribution >= 0.6 is 10.7 Å². The molecule has 0 bridgehead atoms. The smallest absolute Gasteiger partial charge is 0.380 e. The molecule has 0 aromatic heterocycles. The molecular formula is C108H131ClN2O14S2. The Kier molecular flexibility index (Phi) is 24.6. The molecule has 9 aromatic rings. The summed E-state index contributed by atoms with van der Waals surface area (Å²) in [5, 5.41) is 39.2. The number of phenols is 1. The number of benzene rings is 9. The van der Waals surface area contributed by atoms with Crippen LogP contribution in [0.25, 0.3) is 48.7 Å². The van der Waals surface area contributed by atoms with Gasteiger partial charge in [-0.1, -0.05) is 182 Å². The summed E-state index contributed by atoms with van der Waals surface area (Å²) in [6.45, 7) is 33.2. The molecule has 0 heterocycles. The van der Waals surface area contributed by atoms with Gasteiger partial charge in [0.05, 0.1) is 32.8 Å². The van der Waals surface area contributed by atoms with Crippen LogP contribution in [0.1, 0.15) is 286 Å². The topological polar surface area (TPSA) is 266 Å². The van der Waals surface area contributed by atoms with Crippen LogP contribution in [0, 0.1) is 54.1 Å². The average molecular weight is 1780 g/mol. The van der Waals surface area contributed by atoms with E-state index in [0.29, 0.717) is 65.9 Å². The van der Waals surface area contributed by atoms with Crippen molar-refractivity contribution in [3.8, 4) is 28.7 Å². The number of aromatic hydroxyl groups is 1. The van der Waals surface area contributed by atoms with Crippen LogP contribution in [-0.2, 0) is 70.8 Å². The number of rotatable bonds is 5. The minimum absolute atomic E-state index is 0.0119. The van der Waals surface area contributed by atoms with Gasteiger partial charge in [0, 0.05) is 58.0 Å². The number of aryl methyl sites for hydroxylation is 5. The first-order valence-corrected chi connectivity index (χ1v) is 49.5. The van der Waals surface area contributed by atoms with E-state index in [2.05, 4.69) is 217 Å². The Morgan fingerprint density at radius 3 is 1.18 bits per heavy atom. The third-order valence-electron chi connectivity index (χ3n) is 32.0. The summed E-state index contributed by atoms with van der Waals surface area (Å²) in [6, 6.07) is 47.5. The minimum atomic E-state index is -4.04. The Balaban J connectivity index is 0.000000121. The Hall–Kier alpha value is -8.75. The molecule has 6 N–H and O–H groups in total. The quantitative estimate of drug-likeness (QED) is 0.117. The van der Waals surface area contributed by atoms with Gasteiger partial charge in [0.25, 0.3) is 9.24 Å². The predicted octanol–water partition coefficient (Wildman–Crippen LogP) is 23.7. The molecule has 0 aliphatic heterocycles. The number of phenolic OH excluding ortho intramolecular Hbond substituents is 1. The second-order valence-corrected chi connectivity index (χ2v) is 47.4. The maximum atomic E-state index is 12.9. The maximum absolute atomic E-state index is 12.9. The number of aliphatic hydroxyl groups excluding tert-OH is 1. The van der Waals surface area contributed by atoms with E-state index in [1.54, 1.807) is 39.5 Å². The van der Waals surface area contributed by atoms with E-state index in [1.165, 1.54) is 99.3 Å². The number of ether oxygens (including phenoxy) is 3. The minimum Gasteiger partial charge on any atom is -0.508 e. The third kappa shape index (κ3) is 18.2. The van der Waals surface area contributed by atoms with Crippen LogP contribution in [-0.4, -0.2) is 77.6 Å². The van der Waals surface area contributed by atoms with Crippen molar-refractivity contribution in [2.24, 2.45) is 64.4 Å². The van der Waals surface area contributed by atoms with Gasteiger partial charge in [-0.05, 0) is 343 Å². The molecule has 10 atom stereocenters. The lowest BCUT2D eigenvalue weighted by molar-refractivity contribution is -0.137. The molecule has 0 amide bonds. The number of halogens is 1. The van der Waals surface area contributed by atoms with Crippen LogP contribution in [0.5, 0.6) is 28.7 Å². The first-order valence-electron chi connectivity index (χ1n) is 45.7. The Morgan fingerprint density at radius 1 is 0.386 bits per heavy atom. The number of aliphatic hydroxyl groups is 1. The molecule has 16 nitrogen and oxygen atoms in total. The van der Waals surface area contributed by atoms with Crippen LogP contribution in [0.4, 0.5) is 0 Å². The van der Waals surface area contributed by atoms with Gasteiger partial charge in [-0.25, -0.2) is 5.14 Å². The standard InChI is InChI=1S/C22H28O2.2C22H26O2.C21H25NO4S.C21H24O2.ClH2NO2S/c3*1-21(2)12-19-18-7-5-14-11-15(24-4)6-8-16(14)17(18)9-10-22(19,3)20(23)13-21;1-20(2)11-18-17-6-4-13-10-14(26-27(22,24)25)5-7-15(13)16(17)8-9-21(18,3)19(23)12-20;1-20(2)11-18-17-6-4-13-10-14(22)5-7-15(13)16(17)8-9-21(18,3)19(23)12-20;1-5(2,3)4/h5-8,11,19-20,23H,9-10,12-13H2,1-4H3;6,8,11-12H,5,7,9-10,13H2,1-4H3;5-8,11,19H,9-10,12-13H2,1-4H3;4-7,10,18H,8-9,11-12H2,1-3H3,(H2,22,24,25);4-7,10,18,22H,8-9,11-12H2,1-3H3;(H2,2,3,4)/t19-,20-,22-;22-;19-,22-;2*18-,21-;/m00000./s1. The van der Waals surface area contributed by atoms with Gasteiger partial charge in [-0.3, -0.25) is 19.2 Å². The first kappa shape index (κ1) is 92.9. The predicted molar refractivity (Wildman–Crippen MR) is 510 cm³/mol. The van der Waals surface area contributed by atoms with E-state index in [1.807, 2.05) is 30.3 Å². The summed E-state index contributed by atoms with van der Waals surface area (Å²) in [4.78, 5) is 51.6. The molecular weight excluding hydrogens is 1650 g/mol. The molecule has 0 radical (unpaired) electrons. The average Bonchev–Trinajstić information content (AvgIpc) is 0.745. The van der Waals surface area contributed by atoms with Crippen LogP contribution in [0.15, 0.2) is 157 Å². The van der Waals surface area contributed by atoms with Gasteiger partial charge >= 0.3 is 10.3 Å². The van der Waals surface area contributed by atoms with Gasteiger partial charge in [-0.2, -0.15) is 22.0 Å². The van der Waals surface area contributed by atoms with Gasteiger partial charge in [-0.15, -0.1) is 0 Å². The Labute approximate surface area is 757 Å². The van der Waals surface area contributed by atoms with E-state index >= 15 is 0 Å². The number of ketones is 4. The molecule has 0 unspecified atom stereocenters. The Morgan fingerprint density at radius 2 is 0.756 bits per heavy atom. The number of nitrogens with two attached hydrogens (primary N) is 2. The summed E-state index contributed by atoms with van der Waals surface area (Å²) >= 11 is 0. The normalized spacial score (nSPS) is 28.0. The number of hydrogen-bond donors (Lipinski definition) is 4. The highest BCUT2D eigenvalue weighted by Crippen LogP contribution is 2.64. The van der Waals surface area contributed by atoms with Crippen molar-refractivity contribution in [2.45, 2.75) is 268 Å². The van der Waals surface area contributed by atoms with Crippen molar-refractivity contribution in [1.29, 1.82) is 0 Å². The summed E-state index contributed by atoms with van der Waals surface area (Å²) in [6.07, 6.45) is 21.9. The van der Waals surface area contributed by atoms with Crippen molar-refractivity contribution in [2.75, 3.05) is 21.3 Å². The molecule has 19 heteroatoms. The molecule has 9 aromatic carbocycles. The summed E-state index contributed by atoms with van der Waals surface area (Å²) in [7, 11) is 1.69. The third-order valence-corrected chi connectivity index (χ3v) is 32.4. The van der Waals surface area contributed by atoms with Gasteiger partial charge in [0.2, 0.25) is 0 Å². The highest BCUT2D eigenvalue weighted by Gasteiger charge is 2.57. The number of carbonyl (C=O) groups excluding carboxylic acids is 4. The SMILES string of the molecule is CC1(C)CC(=O)[C@@]2(C)CCc3c(ccc4cc(O)ccc34)[C@@H]2C1.CC1(C)CC(=O)[C@@]2(C)CCc3c(ccc4cc(OS(N)(=O)=O)ccc34)[C@@H]2C1.COc1ccc2c(c1)CCC1=C2CC[C@]2(C)C(=O)CC(C)(C)C=C12.COc1ccc2c3c(ccc2c1)[C@@H]1CC(C)(C)CC(=O)[C@@]1(C)CC3.COc1ccc2c3c(ccc2c1)[C@@H]1CC(C)(C)C[C@H](O)[C@@]1(C)CC3.NS(=O)(=O)Cl. The van der Waals surface area contributed by atoms with Crippen molar-refractivity contribution in [3.05, 3.63) is 212 Å². The van der Waals surface area contributed by atoms with Crippen molar-refractivity contribution >= 4 is 102 Å². The molecule has 0 spiro atoms. The molecule has 11 aliphatic rings. The number of hydrogen-bond acceptors (Lipinski definition) is 14. The second kappa shape index (κ2) is 33.6. The summed E-state index contributed by atoms with van der Waals surface area (Å²) in [5.41, 5.74) is 17.5. The van der Waals surface area contributed by atoms with Gasteiger partial charge < -0.3 is 28.6 Å².